The second-order valence-corrected chi connectivity index (χ2v) is 20.9. The Kier molecular flexibility index (Phi) is 50.9. The molecule has 1 saturated heterocycles. The largest absolute Gasteiger partial charge is 0.479 e. The van der Waals surface area contributed by atoms with Crippen LogP contribution in [0.4, 0.5) is 0 Å². The van der Waals surface area contributed by atoms with Crippen molar-refractivity contribution in [3.8, 4) is 0 Å². The predicted octanol–water partition coefficient (Wildman–Crippen LogP) is 16.8. The van der Waals surface area contributed by atoms with Gasteiger partial charge >= 0.3 is 23.9 Å². The second kappa shape index (κ2) is 55.6. The molecule has 0 aromatic rings. The number of carbonyl (C=O) groups is 4. The van der Waals surface area contributed by atoms with Gasteiger partial charge in [0.1, 0.15) is 18.8 Å². The van der Waals surface area contributed by atoms with E-state index in [-0.39, 0.29) is 25.9 Å². The van der Waals surface area contributed by atoms with Gasteiger partial charge in [-0.25, -0.2) is 4.79 Å². The molecule has 6 atom stereocenters. The molecule has 0 spiro atoms. The van der Waals surface area contributed by atoms with Crippen molar-refractivity contribution in [2.75, 3.05) is 13.2 Å². The zero-order valence-corrected chi connectivity index (χ0v) is 50.5. The molecular weight excluding hydrogens is 1020 g/mol. The van der Waals surface area contributed by atoms with Crippen LogP contribution in [0.3, 0.4) is 0 Å². The molecule has 0 saturated carbocycles. The quantitative estimate of drug-likeness (QED) is 0.0228. The molecule has 1 fully saturated rings. The van der Waals surface area contributed by atoms with Gasteiger partial charge in [-0.15, -0.1) is 0 Å². The Hall–Kier alpha value is -4.88. The Morgan fingerprint density at radius 1 is 0.420 bits per heavy atom. The lowest BCUT2D eigenvalue weighted by Gasteiger charge is -2.40. The number of aliphatic hydroxyl groups is 2. The fourth-order valence-corrected chi connectivity index (χ4v) is 8.67. The standard InChI is InChI=1S/C69H110O12/c1-4-7-10-13-16-19-22-25-28-30-31-33-36-39-42-45-48-51-54-57-63(72)80-67-65(74)64(73)66(68(75)76)81-69(67)78-59-60(79-62(71)56-53-50-47-44-41-38-34-27-24-21-18-15-12-9-6-3)58-77-61(70)55-52-49-46-43-40-37-35-32-29-26-23-20-17-14-11-8-5-2/h8,11,16-21,25-29,31,33-35,37,43,46,60,64-67,69,73-74H,4-7,9-10,12-15,22-24,30,32,36,38-42,44-45,47-59H2,1-3H3,(H,75,76)/b11-8-,19-16-,20-17-,21-18-,28-25-,29-26-,33-31-,34-27-,37-35-,46-43-. The van der Waals surface area contributed by atoms with Crippen LogP contribution in [0.15, 0.2) is 122 Å². The summed E-state index contributed by atoms with van der Waals surface area (Å²) in [5.74, 6) is -3.25. The number of hydrogen-bond acceptors (Lipinski definition) is 11. The molecule has 1 aliphatic rings. The van der Waals surface area contributed by atoms with E-state index in [1.807, 2.05) is 6.08 Å². The SMILES string of the molecule is CC/C=C\C/C=C\C/C=C\C/C=C\C/C=C\CCCC(=O)OCC(COC1OC(C(=O)O)C(O)C(O)C1OC(=O)CCCCCCCC/C=C\C/C=C\C/C=C\CCCCC)OC(=O)CCCCCCC/C=C\C/C=C\CCCCC. The molecule has 0 aliphatic carbocycles. The molecule has 1 heterocycles. The number of aliphatic carboxylic acids is 1. The average molecular weight is 1130 g/mol. The average Bonchev–Trinajstić information content (AvgIpc) is 3.53. The highest BCUT2D eigenvalue weighted by Crippen LogP contribution is 2.26. The Labute approximate surface area is 490 Å². The fraction of sp³-hybridized carbons (Fsp3) is 0.652. The molecular formula is C69H110O12. The van der Waals surface area contributed by atoms with Crippen LogP contribution < -0.4 is 0 Å². The van der Waals surface area contributed by atoms with Crippen molar-refractivity contribution >= 4 is 23.9 Å². The van der Waals surface area contributed by atoms with E-state index in [0.717, 1.165) is 135 Å². The maximum Gasteiger partial charge on any atom is 0.335 e. The van der Waals surface area contributed by atoms with Crippen LogP contribution >= 0.6 is 0 Å². The number of allylic oxidation sites excluding steroid dienone is 20. The summed E-state index contributed by atoms with van der Waals surface area (Å²) in [4.78, 5) is 51.3. The van der Waals surface area contributed by atoms with Crippen LogP contribution in [0.5, 0.6) is 0 Å². The Balaban J connectivity index is 2.73. The molecule has 12 nitrogen and oxygen atoms in total. The first-order valence-electron chi connectivity index (χ1n) is 31.5. The number of ether oxygens (including phenoxy) is 5. The van der Waals surface area contributed by atoms with E-state index in [0.29, 0.717) is 25.7 Å². The summed E-state index contributed by atoms with van der Waals surface area (Å²) in [5, 5.41) is 31.6. The van der Waals surface area contributed by atoms with E-state index in [4.69, 9.17) is 23.7 Å². The third kappa shape index (κ3) is 45.3. The van der Waals surface area contributed by atoms with Crippen molar-refractivity contribution in [2.45, 2.75) is 276 Å². The normalized spacial score (nSPS) is 18.6. The van der Waals surface area contributed by atoms with Crippen molar-refractivity contribution < 1.29 is 58.2 Å². The lowest BCUT2D eigenvalue weighted by Crippen LogP contribution is -2.61. The zero-order valence-electron chi connectivity index (χ0n) is 50.5. The molecule has 3 N–H and O–H groups in total. The van der Waals surface area contributed by atoms with Gasteiger partial charge in [-0.05, 0) is 128 Å². The van der Waals surface area contributed by atoms with Gasteiger partial charge in [0.05, 0.1) is 6.61 Å². The van der Waals surface area contributed by atoms with Crippen LogP contribution in [0.2, 0.25) is 0 Å². The highest BCUT2D eigenvalue weighted by molar-refractivity contribution is 5.74. The summed E-state index contributed by atoms with van der Waals surface area (Å²) in [7, 11) is 0. The van der Waals surface area contributed by atoms with Gasteiger partial charge in [-0.3, -0.25) is 14.4 Å². The third-order valence-corrected chi connectivity index (χ3v) is 13.5. The van der Waals surface area contributed by atoms with Crippen LogP contribution in [0.1, 0.15) is 239 Å². The van der Waals surface area contributed by atoms with E-state index in [2.05, 4.69) is 136 Å². The van der Waals surface area contributed by atoms with Gasteiger partial charge < -0.3 is 39.0 Å². The van der Waals surface area contributed by atoms with Crippen molar-refractivity contribution in [3.63, 3.8) is 0 Å². The van der Waals surface area contributed by atoms with Crippen molar-refractivity contribution in [1.82, 2.24) is 0 Å². The Morgan fingerprint density at radius 3 is 1.22 bits per heavy atom. The second-order valence-electron chi connectivity index (χ2n) is 20.9. The minimum atomic E-state index is -1.92. The molecule has 6 unspecified atom stereocenters. The van der Waals surface area contributed by atoms with Crippen molar-refractivity contribution in [2.24, 2.45) is 0 Å². The van der Waals surface area contributed by atoms with Crippen LogP contribution in [0, 0.1) is 0 Å². The Morgan fingerprint density at radius 2 is 0.790 bits per heavy atom. The van der Waals surface area contributed by atoms with E-state index in [9.17, 15) is 34.5 Å². The van der Waals surface area contributed by atoms with Crippen molar-refractivity contribution in [1.29, 1.82) is 0 Å². The molecule has 81 heavy (non-hydrogen) atoms. The molecule has 0 aromatic carbocycles. The van der Waals surface area contributed by atoms with Crippen LogP contribution in [-0.2, 0) is 42.9 Å². The van der Waals surface area contributed by atoms with Gasteiger partial charge in [-0.2, -0.15) is 0 Å². The number of hydrogen-bond donors (Lipinski definition) is 3. The maximum atomic E-state index is 13.2. The van der Waals surface area contributed by atoms with Gasteiger partial charge in [0.25, 0.3) is 0 Å². The summed E-state index contributed by atoms with van der Waals surface area (Å²) >= 11 is 0. The monoisotopic (exact) mass is 1130 g/mol. The zero-order chi connectivity index (χ0) is 58.9. The first-order valence-corrected chi connectivity index (χ1v) is 31.5. The van der Waals surface area contributed by atoms with E-state index in [1.54, 1.807) is 0 Å². The molecule has 458 valence electrons. The minimum absolute atomic E-state index is 0.0325. The molecule has 12 heteroatoms. The number of carboxylic acids is 1. The van der Waals surface area contributed by atoms with E-state index in [1.165, 1.54) is 38.5 Å². The number of rotatable bonds is 52. The molecule has 0 radical (unpaired) electrons. The number of unbranched alkanes of at least 4 members (excludes halogenated alkanes) is 18. The first kappa shape index (κ1) is 74.1. The predicted molar refractivity (Wildman–Crippen MR) is 330 cm³/mol. The van der Waals surface area contributed by atoms with Gasteiger partial charge in [0.15, 0.2) is 24.6 Å². The highest BCUT2D eigenvalue weighted by Gasteiger charge is 2.50. The van der Waals surface area contributed by atoms with E-state index < -0.39 is 67.3 Å². The summed E-state index contributed by atoms with van der Waals surface area (Å²) in [6.07, 6.45) is 64.4. The summed E-state index contributed by atoms with van der Waals surface area (Å²) in [5.41, 5.74) is 0. The number of carbonyl (C=O) groups excluding carboxylic acids is 3. The molecule has 1 aliphatic heterocycles. The highest BCUT2D eigenvalue weighted by atomic mass is 16.7. The third-order valence-electron chi connectivity index (χ3n) is 13.5. The lowest BCUT2D eigenvalue weighted by atomic mass is 9.98. The molecule has 1 rings (SSSR count). The Bertz CT molecular complexity index is 1870. The number of aliphatic hydroxyl groups excluding tert-OH is 2. The maximum absolute atomic E-state index is 13.2. The summed E-state index contributed by atoms with van der Waals surface area (Å²) < 4.78 is 28.4. The van der Waals surface area contributed by atoms with Crippen LogP contribution in [-0.4, -0.2) is 89.2 Å². The first-order chi connectivity index (χ1) is 39.6. The van der Waals surface area contributed by atoms with Gasteiger partial charge in [-0.1, -0.05) is 213 Å². The fourth-order valence-electron chi connectivity index (χ4n) is 8.67. The molecule has 0 amide bonds. The van der Waals surface area contributed by atoms with E-state index >= 15 is 0 Å². The van der Waals surface area contributed by atoms with Crippen LogP contribution in [0.25, 0.3) is 0 Å². The smallest absolute Gasteiger partial charge is 0.335 e. The van der Waals surface area contributed by atoms with Gasteiger partial charge in [0, 0.05) is 19.3 Å². The van der Waals surface area contributed by atoms with Crippen molar-refractivity contribution in [3.05, 3.63) is 122 Å². The summed E-state index contributed by atoms with van der Waals surface area (Å²) in [6, 6.07) is 0. The minimum Gasteiger partial charge on any atom is -0.479 e. The lowest BCUT2D eigenvalue weighted by molar-refractivity contribution is -0.301. The number of carboxylic acid groups (broad SMARTS) is 1. The molecule has 0 bridgehead atoms. The van der Waals surface area contributed by atoms with Gasteiger partial charge in [0.2, 0.25) is 0 Å². The summed E-state index contributed by atoms with van der Waals surface area (Å²) in [6.45, 7) is 5.76. The number of esters is 3. The molecule has 0 aromatic heterocycles. The topological polar surface area (TPSA) is 175 Å².